The average molecular weight is 284 g/mol. The van der Waals surface area contributed by atoms with Crippen LogP contribution in [0.1, 0.15) is 48.7 Å². The summed E-state index contributed by atoms with van der Waals surface area (Å²) in [6.45, 7) is 6.04. The van der Waals surface area contributed by atoms with Crippen molar-refractivity contribution in [3.05, 3.63) is 23.5 Å². The summed E-state index contributed by atoms with van der Waals surface area (Å²) in [6, 6.07) is 2.00. The lowest BCUT2D eigenvalue weighted by atomic mass is 9.84. The molecule has 5 heteroatoms. The van der Waals surface area contributed by atoms with Crippen LogP contribution in [0, 0.1) is 5.41 Å². The summed E-state index contributed by atoms with van der Waals surface area (Å²) < 4.78 is 1.76. The van der Waals surface area contributed by atoms with Gasteiger partial charge in [-0.25, -0.2) is 4.98 Å². The summed E-state index contributed by atoms with van der Waals surface area (Å²) >= 11 is 0. The second kappa shape index (κ2) is 4.06. The number of rotatable bonds is 2. The van der Waals surface area contributed by atoms with E-state index in [4.69, 9.17) is 4.98 Å². The van der Waals surface area contributed by atoms with E-state index in [1.54, 1.807) is 10.9 Å². The SMILES string of the molecule is Cn1ncc2c(C(=O)N3CC(C)(C)C3)cc(C3CC3)nc21. The maximum absolute atomic E-state index is 12.8. The Morgan fingerprint density at radius 2 is 2.05 bits per heavy atom. The molecule has 0 N–H and O–H groups in total. The Labute approximate surface area is 123 Å². The van der Waals surface area contributed by atoms with Crippen LogP contribution in [0.4, 0.5) is 0 Å². The van der Waals surface area contributed by atoms with Crippen LogP contribution in [0.3, 0.4) is 0 Å². The Morgan fingerprint density at radius 3 is 2.67 bits per heavy atom. The van der Waals surface area contributed by atoms with Crippen LogP contribution in [-0.4, -0.2) is 38.7 Å². The molecule has 1 amide bonds. The van der Waals surface area contributed by atoms with Gasteiger partial charge in [-0.2, -0.15) is 5.10 Å². The Hall–Kier alpha value is -1.91. The van der Waals surface area contributed by atoms with Gasteiger partial charge >= 0.3 is 0 Å². The molecule has 0 radical (unpaired) electrons. The lowest BCUT2D eigenvalue weighted by molar-refractivity contribution is 0.0238. The number of aromatic nitrogens is 3. The van der Waals surface area contributed by atoms with Gasteiger partial charge in [-0.05, 0) is 24.3 Å². The average Bonchev–Trinajstić information content (AvgIpc) is 3.19. The van der Waals surface area contributed by atoms with E-state index in [0.717, 1.165) is 35.4 Å². The van der Waals surface area contributed by atoms with E-state index in [-0.39, 0.29) is 11.3 Å². The van der Waals surface area contributed by atoms with Crippen molar-refractivity contribution in [2.24, 2.45) is 12.5 Å². The highest BCUT2D eigenvalue weighted by atomic mass is 16.2. The molecule has 1 saturated heterocycles. The van der Waals surface area contributed by atoms with Gasteiger partial charge in [0.2, 0.25) is 0 Å². The maximum atomic E-state index is 12.8. The quantitative estimate of drug-likeness (QED) is 0.850. The number of pyridine rings is 1. The predicted molar refractivity (Wildman–Crippen MR) is 80.2 cm³/mol. The standard InChI is InChI=1S/C16H20N4O/c1-16(2)8-20(9-16)15(21)11-6-13(10-4-5-10)18-14-12(11)7-17-19(14)3/h6-7,10H,4-5,8-9H2,1-3H3. The minimum atomic E-state index is 0.122. The van der Waals surface area contributed by atoms with Gasteiger partial charge < -0.3 is 4.90 Å². The van der Waals surface area contributed by atoms with Gasteiger partial charge in [0.15, 0.2) is 5.65 Å². The first-order valence-electron chi connectivity index (χ1n) is 7.56. The largest absolute Gasteiger partial charge is 0.337 e. The second-order valence-electron chi connectivity index (χ2n) is 7.20. The molecule has 2 aliphatic rings. The summed E-state index contributed by atoms with van der Waals surface area (Å²) in [5.74, 6) is 0.653. The van der Waals surface area contributed by atoms with Gasteiger partial charge in [0.1, 0.15) is 0 Å². The van der Waals surface area contributed by atoms with E-state index in [1.165, 1.54) is 12.8 Å². The minimum Gasteiger partial charge on any atom is -0.337 e. The van der Waals surface area contributed by atoms with E-state index in [9.17, 15) is 4.79 Å². The number of fused-ring (bicyclic) bond motifs is 1. The summed E-state index contributed by atoms with van der Waals surface area (Å²) in [4.78, 5) is 19.4. The molecule has 110 valence electrons. The molecule has 4 rings (SSSR count). The monoisotopic (exact) mass is 284 g/mol. The Morgan fingerprint density at radius 1 is 1.33 bits per heavy atom. The van der Waals surface area contributed by atoms with Crippen molar-refractivity contribution in [2.45, 2.75) is 32.6 Å². The van der Waals surface area contributed by atoms with Crippen LogP contribution < -0.4 is 0 Å². The van der Waals surface area contributed by atoms with Crippen LogP contribution in [0.25, 0.3) is 11.0 Å². The summed E-state index contributed by atoms with van der Waals surface area (Å²) in [7, 11) is 1.88. The van der Waals surface area contributed by atoms with Crippen LogP contribution in [0.2, 0.25) is 0 Å². The van der Waals surface area contributed by atoms with Gasteiger partial charge in [-0.15, -0.1) is 0 Å². The fraction of sp³-hybridized carbons (Fsp3) is 0.562. The predicted octanol–water partition coefficient (Wildman–Crippen LogP) is 2.33. The fourth-order valence-corrected chi connectivity index (χ4v) is 3.20. The zero-order chi connectivity index (χ0) is 14.8. The molecule has 0 atom stereocenters. The first-order chi connectivity index (χ1) is 9.94. The topological polar surface area (TPSA) is 51.0 Å². The Balaban J connectivity index is 1.78. The normalized spacial score (nSPS) is 20.6. The first kappa shape index (κ1) is 12.8. The molecule has 21 heavy (non-hydrogen) atoms. The van der Waals surface area contributed by atoms with E-state index in [0.29, 0.717) is 5.92 Å². The van der Waals surface area contributed by atoms with Crippen molar-refractivity contribution in [2.75, 3.05) is 13.1 Å². The molecule has 5 nitrogen and oxygen atoms in total. The third-order valence-corrected chi connectivity index (χ3v) is 4.48. The highest BCUT2D eigenvalue weighted by Crippen LogP contribution is 2.40. The van der Waals surface area contributed by atoms with E-state index < -0.39 is 0 Å². The van der Waals surface area contributed by atoms with Crippen LogP contribution in [-0.2, 0) is 7.05 Å². The summed E-state index contributed by atoms with van der Waals surface area (Å²) in [6.07, 6.45) is 4.12. The smallest absolute Gasteiger partial charge is 0.254 e. The second-order valence-corrected chi connectivity index (χ2v) is 7.20. The number of carbonyl (C=O) groups is 1. The third-order valence-electron chi connectivity index (χ3n) is 4.48. The molecule has 0 unspecified atom stereocenters. The van der Waals surface area contributed by atoms with Crippen LogP contribution in [0.15, 0.2) is 12.3 Å². The third kappa shape index (κ3) is 2.03. The van der Waals surface area contributed by atoms with Crippen molar-refractivity contribution in [3.63, 3.8) is 0 Å². The number of hydrogen-bond acceptors (Lipinski definition) is 3. The number of carbonyl (C=O) groups excluding carboxylic acids is 1. The highest BCUT2D eigenvalue weighted by Gasteiger charge is 2.38. The molecule has 1 aliphatic carbocycles. The maximum Gasteiger partial charge on any atom is 0.254 e. The molecule has 2 fully saturated rings. The van der Waals surface area contributed by atoms with Crippen molar-refractivity contribution >= 4 is 16.9 Å². The van der Waals surface area contributed by atoms with E-state index in [1.807, 2.05) is 18.0 Å². The van der Waals surface area contributed by atoms with Gasteiger partial charge in [0, 0.05) is 31.7 Å². The molecule has 1 aliphatic heterocycles. The summed E-state index contributed by atoms with van der Waals surface area (Å²) in [5, 5.41) is 5.15. The van der Waals surface area contributed by atoms with Crippen molar-refractivity contribution in [1.29, 1.82) is 0 Å². The molecule has 3 heterocycles. The van der Waals surface area contributed by atoms with E-state index in [2.05, 4.69) is 18.9 Å². The highest BCUT2D eigenvalue weighted by molar-refractivity contribution is 6.05. The molecule has 0 bridgehead atoms. The number of nitrogens with zero attached hydrogens (tertiary/aromatic N) is 4. The van der Waals surface area contributed by atoms with Gasteiger partial charge in [-0.1, -0.05) is 13.8 Å². The number of hydrogen-bond donors (Lipinski definition) is 0. The lowest BCUT2D eigenvalue weighted by Crippen LogP contribution is -2.55. The first-order valence-corrected chi connectivity index (χ1v) is 7.56. The van der Waals surface area contributed by atoms with Crippen molar-refractivity contribution < 1.29 is 4.79 Å². The number of amides is 1. The van der Waals surface area contributed by atoms with Crippen molar-refractivity contribution in [3.8, 4) is 0 Å². The molecule has 0 aromatic carbocycles. The molecule has 1 saturated carbocycles. The number of aryl methyl sites for hydroxylation is 1. The van der Waals surface area contributed by atoms with Gasteiger partial charge in [0.25, 0.3) is 5.91 Å². The van der Waals surface area contributed by atoms with Gasteiger partial charge in [-0.3, -0.25) is 9.48 Å². The van der Waals surface area contributed by atoms with Crippen LogP contribution >= 0.6 is 0 Å². The Kier molecular flexibility index (Phi) is 2.47. The van der Waals surface area contributed by atoms with Crippen molar-refractivity contribution in [1.82, 2.24) is 19.7 Å². The zero-order valence-electron chi connectivity index (χ0n) is 12.8. The summed E-state index contributed by atoms with van der Waals surface area (Å²) in [5.41, 5.74) is 2.89. The zero-order valence-corrected chi connectivity index (χ0v) is 12.8. The van der Waals surface area contributed by atoms with E-state index >= 15 is 0 Å². The molecule has 2 aromatic heterocycles. The van der Waals surface area contributed by atoms with Gasteiger partial charge in [0.05, 0.1) is 17.1 Å². The Bertz CT molecular complexity index is 734. The fourth-order valence-electron chi connectivity index (χ4n) is 3.20. The minimum absolute atomic E-state index is 0.122. The molecular formula is C16H20N4O. The van der Waals surface area contributed by atoms with Crippen LogP contribution in [0.5, 0.6) is 0 Å². The lowest BCUT2D eigenvalue weighted by Gasteiger charge is -2.45. The number of likely N-dealkylation sites (tertiary alicyclic amines) is 1. The molecule has 2 aromatic rings. The molecular weight excluding hydrogens is 264 g/mol. The molecule has 0 spiro atoms.